The Morgan fingerprint density at radius 1 is 1.31 bits per heavy atom. The van der Waals surface area contributed by atoms with E-state index >= 15 is 0 Å². The van der Waals surface area contributed by atoms with E-state index in [2.05, 4.69) is 24.5 Å². The topological polar surface area (TPSA) is 125 Å². The highest BCUT2D eigenvalue weighted by Gasteiger charge is 2.27. The van der Waals surface area contributed by atoms with Crippen LogP contribution in [-0.2, 0) is 14.8 Å². The first-order chi connectivity index (χ1) is 13.7. The molecule has 2 heterocycles. The van der Waals surface area contributed by atoms with Crippen LogP contribution in [0, 0.1) is 5.95 Å². The molecule has 0 aliphatic heterocycles. The third-order valence-electron chi connectivity index (χ3n) is 3.50. The summed E-state index contributed by atoms with van der Waals surface area (Å²) in [6.07, 6.45) is 0. The summed E-state index contributed by atoms with van der Waals surface area (Å²) in [5, 5.41) is 2.45. The molecule has 0 aliphatic carbocycles. The molecule has 0 spiro atoms. The molecule has 3 aromatic rings. The summed E-state index contributed by atoms with van der Waals surface area (Å²) in [6, 6.07) is 3.77. The zero-order chi connectivity index (χ0) is 21.3. The Hall–Kier alpha value is -2.70. The van der Waals surface area contributed by atoms with Crippen LogP contribution in [-0.4, -0.2) is 47.7 Å². The molecule has 3 rings (SSSR count). The fraction of sp³-hybridized carbons (Fsp3) is 0.200. The lowest BCUT2D eigenvalue weighted by molar-refractivity contribution is 0.0602. The molecule has 1 N–H and O–H groups in total. The van der Waals surface area contributed by atoms with Crippen LogP contribution in [0.1, 0.15) is 17.3 Å². The molecule has 0 radical (unpaired) electrons. The molecular formula is C15H12Cl2FN5O5S. The fourth-order valence-corrected chi connectivity index (χ4v) is 3.65. The summed E-state index contributed by atoms with van der Waals surface area (Å²) >= 11 is 11.8. The van der Waals surface area contributed by atoms with Gasteiger partial charge in [-0.2, -0.15) is 27.3 Å². The zero-order valence-corrected chi connectivity index (χ0v) is 17.1. The molecule has 2 aromatic heterocycles. The molecule has 10 nitrogen and oxygen atoms in total. The van der Waals surface area contributed by atoms with Gasteiger partial charge < -0.3 is 9.47 Å². The van der Waals surface area contributed by atoms with Crippen molar-refractivity contribution in [3.63, 3.8) is 0 Å². The molecule has 0 atom stereocenters. The largest absolute Gasteiger partial charge is 0.465 e. The number of aromatic nitrogens is 4. The van der Waals surface area contributed by atoms with E-state index in [4.69, 9.17) is 27.9 Å². The number of halogens is 3. The maximum absolute atomic E-state index is 13.9. The second kappa shape index (κ2) is 7.97. The van der Waals surface area contributed by atoms with Crippen LogP contribution in [0.25, 0.3) is 5.65 Å². The maximum atomic E-state index is 13.9. The van der Waals surface area contributed by atoms with Crippen LogP contribution in [0.5, 0.6) is 6.01 Å². The summed E-state index contributed by atoms with van der Waals surface area (Å²) in [6.45, 7) is 1.72. The van der Waals surface area contributed by atoms with Crippen molar-refractivity contribution < 1.29 is 27.1 Å². The Labute approximate surface area is 173 Å². The molecule has 0 unspecified atom stereocenters. The van der Waals surface area contributed by atoms with Gasteiger partial charge in [-0.15, -0.1) is 5.10 Å². The predicted molar refractivity (Wildman–Crippen MR) is 101 cm³/mol. The molecule has 0 saturated heterocycles. The third kappa shape index (κ3) is 3.91. The van der Waals surface area contributed by atoms with Gasteiger partial charge in [-0.3, -0.25) is 4.72 Å². The zero-order valence-electron chi connectivity index (χ0n) is 14.8. The van der Waals surface area contributed by atoms with Gasteiger partial charge in [-0.05, 0) is 19.1 Å². The average molecular weight is 464 g/mol. The van der Waals surface area contributed by atoms with Crippen LogP contribution in [0.3, 0.4) is 0 Å². The number of fused-ring (bicyclic) bond motifs is 1. The van der Waals surface area contributed by atoms with E-state index in [1.54, 1.807) is 6.92 Å². The minimum absolute atomic E-state index is 0.0343. The second-order valence-electron chi connectivity index (χ2n) is 5.32. The van der Waals surface area contributed by atoms with Crippen molar-refractivity contribution in [2.45, 2.75) is 12.1 Å². The van der Waals surface area contributed by atoms with Gasteiger partial charge in [0.05, 0.1) is 24.4 Å². The predicted octanol–water partition coefficient (Wildman–Crippen LogP) is 2.56. The number of carbonyl (C=O) groups is 1. The minimum Gasteiger partial charge on any atom is -0.465 e. The van der Waals surface area contributed by atoms with Crippen LogP contribution >= 0.6 is 23.2 Å². The highest BCUT2D eigenvalue weighted by atomic mass is 35.5. The van der Waals surface area contributed by atoms with Gasteiger partial charge in [0.25, 0.3) is 15.2 Å². The monoisotopic (exact) mass is 463 g/mol. The third-order valence-corrected chi connectivity index (χ3v) is 5.28. The van der Waals surface area contributed by atoms with Crippen molar-refractivity contribution in [1.29, 1.82) is 0 Å². The number of rotatable bonds is 6. The smallest absolute Gasteiger partial charge is 0.341 e. The van der Waals surface area contributed by atoms with Gasteiger partial charge in [-0.25, -0.2) is 4.79 Å². The van der Waals surface area contributed by atoms with Crippen molar-refractivity contribution in [3.05, 3.63) is 39.8 Å². The average Bonchev–Trinajstić information content (AvgIpc) is 3.12. The van der Waals surface area contributed by atoms with Gasteiger partial charge in [0.2, 0.25) is 5.95 Å². The SMILES string of the molecule is CCOc1nc(F)c(Cl)c2nc(S(=O)(=O)Nc3cccc(Cl)c3C(=O)OC)nn12. The number of hydrogen-bond donors (Lipinski definition) is 1. The van der Waals surface area contributed by atoms with Gasteiger partial charge in [0.15, 0.2) is 5.65 Å². The number of sulfonamides is 1. The lowest BCUT2D eigenvalue weighted by Gasteiger charge is -2.10. The second-order valence-corrected chi connectivity index (χ2v) is 7.68. The van der Waals surface area contributed by atoms with Crippen molar-refractivity contribution in [2.24, 2.45) is 0 Å². The summed E-state index contributed by atoms with van der Waals surface area (Å²) in [4.78, 5) is 19.2. The van der Waals surface area contributed by atoms with E-state index < -0.39 is 32.1 Å². The first kappa shape index (κ1) is 21.0. The lowest BCUT2D eigenvalue weighted by atomic mass is 10.2. The number of ether oxygens (including phenoxy) is 2. The molecule has 29 heavy (non-hydrogen) atoms. The molecule has 154 valence electrons. The van der Waals surface area contributed by atoms with E-state index in [0.717, 1.165) is 11.6 Å². The Kier molecular flexibility index (Phi) is 5.78. The molecule has 0 fully saturated rings. The highest BCUT2D eigenvalue weighted by molar-refractivity contribution is 7.92. The van der Waals surface area contributed by atoms with E-state index in [1.807, 2.05) is 0 Å². The molecule has 0 aliphatic rings. The molecule has 0 saturated carbocycles. The van der Waals surface area contributed by atoms with E-state index in [-0.39, 0.29) is 34.5 Å². The number of benzene rings is 1. The van der Waals surface area contributed by atoms with Crippen LogP contribution in [0.4, 0.5) is 10.1 Å². The number of esters is 1. The summed E-state index contributed by atoms with van der Waals surface area (Å²) < 4.78 is 52.2. The van der Waals surface area contributed by atoms with Gasteiger partial charge >= 0.3 is 12.0 Å². The van der Waals surface area contributed by atoms with E-state index in [9.17, 15) is 17.6 Å². The standard InChI is InChI=1S/C15H12Cl2FN5O5S/c1-3-28-15-19-11(18)10(17)12-20-14(21-23(12)15)29(25,26)22-8-6-4-5-7(16)9(8)13(24)27-2/h4-6,22H,3H2,1-2H3. The quantitative estimate of drug-likeness (QED) is 0.436. The molecule has 1 aromatic carbocycles. The number of nitrogens with zero attached hydrogens (tertiary/aromatic N) is 4. The Morgan fingerprint density at radius 3 is 2.69 bits per heavy atom. The Bertz CT molecular complexity index is 1220. The number of hydrogen-bond acceptors (Lipinski definition) is 8. The first-order valence-corrected chi connectivity index (χ1v) is 10.1. The minimum atomic E-state index is -4.44. The van der Waals surface area contributed by atoms with Crippen molar-refractivity contribution >= 4 is 50.5 Å². The Balaban J connectivity index is 2.11. The molecular weight excluding hydrogens is 452 g/mol. The number of methoxy groups -OCH3 is 1. The first-order valence-electron chi connectivity index (χ1n) is 7.83. The van der Waals surface area contributed by atoms with Crippen LogP contribution in [0.2, 0.25) is 10.0 Å². The molecule has 0 amide bonds. The van der Waals surface area contributed by atoms with Gasteiger partial charge in [0, 0.05) is 0 Å². The van der Waals surface area contributed by atoms with Crippen molar-refractivity contribution in [3.8, 4) is 6.01 Å². The highest BCUT2D eigenvalue weighted by Crippen LogP contribution is 2.28. The lowest BCUT2D eigenvalue weighted by Crippen LogP contribution is -2.18. The molecule has 0 bridgehead atoms. The number of anilines is 1. The summed E-state index contributed by atoms with van der Waals surface area (Å²) in [5.74, 6) is -1.96. The summed E-state index contributed by atoms with van der Waals surface area (Å²) in [5.41, 5.74) is -0.685. The normalized spacial score (nSPS) is 11.5. The number of nitrogens with one attached hydrogen (secondary N) is 1. The maximum Gasteiger partial charge on any atom is 0.341 e. The Morgan fingerprint density at radius 2 is 2.03 bits per heavy atom. The van der Waals surface area contributed by atoms with Crippen LogP contribution < -0.4 is 9.46 Å². The van der Waals surface area contributed by atoms with Crippen LogP contribution in [0.15, 0.2) is 23.4 Å². The number of carbonyl (C=O) groups excluding carboxylic acids is 1. The van der Waals surface area contributed by atoms with E-state index in [0.29, 0.717) is 0 Å². The van der Waals surface area contributed by atoms with Gasteiger partial charge in [-0.1, -0.05) is 29.3 Å². The van der Waals surface area contributed by atoms with Crippen molar-refractivity contribution in [2.75, 3.05) is 18.4 Å². The van der Waals surface area contributed by atoms with Gasteiger partial charge in [0.1, 0.15) is 10.6 Å². The van der Waals surface area contributed by atoms with Crippen molar-refractivity contribution in [1.82, 2.24) is 19.6 Å². The molecule has 14 heteroatoms. The van der Waals surface area contributed by atoms with E-state index in [1.165, 1.54) is 18.2 Å². The fourth-order valence-electron chi connectivity index (χ4n) is 2.29. The summed E-state index contributed by atoms with van der Waals surface area (Å²) in [7, 11) is -3.32.